The van der Waals surface area contributed by atoms with E-state index in [-0.39, 0.29) is 36.6 Å². The molecule has 144 valence electrons. The Morgan fingerprint density at radius 2 is 1.96 bits per heavy atom. The number of morpholine rings is 1. The van der Waals surface area contributed by atoms with E-state index in [2.05, 4.69) is 5.32 Å². The summed E-state index contributed by atoms with van der Waals surface area (Å²) in [6, 6.07) is 9.88. The Hall–Kier alpha value is -2.67. The molecule has 7 heteroatoms. The lowest BCUT2D eigenvalue weighted by molar-refractivity contribution is -0.141. The number of benzene rings is 1. The predicted octanol–water partition coefficient (Wildman–Crippen LogP) is 1.95. The molecule has 1 atom stereocenters. The number of nitrogens with zero attached hydrogens (tertiary/aromatic N) is 2. The number of aromatic nitrogens is 1. The molecular weight excluding hydrogens is 349 g/mol. The highest BCUT2D eigenvalue weighted by atomic mass is 19.1. The van der Waals surface area contributed by atoms with E-state index >= 15 is 0 Å². The summed E-state index contributed by atoms with van der Waals surface area (Å²) in [6.07, 6.45) is 4.35. The molecule has 1 aliphatic rings. The van der Waals surface area contributed by atoms with Gasteiger partial charge in [-0.05, 0) is 18.2 Å². The van der Waals surface area contributed by atoms with Gasteiger partial charge in [0, 0.05) is 50.4 Å². The predicted molar refractivity (Wildman–Crippen MR) is 98.2 cm³/mol. The Bertz CT molecular complexity index is 764. The quantitative estimate of drug-likeness (QED) is 0.807. The molecule has 1 unspecified atom stereocenters. The van der Waals surface area contributed by atoms with E-state index in [1.54, 1.807) is 23.1 Å². The molecule has 0 spiro atoms. The molecule has 2 aromatic rings. The zero-order valence-electron chi connectivity index (χ0n) is 15.1. The molecule has 1 aromatic carbocycles. The average molecular weight is 373 g/mol. The summed E-state index contributed by atoms with van der Waals surface area (Å²) in [5, 5.41) is 2.72. The first kappa shape index (κ1) is 19.1. The van der Waals surface area contributed by atoms with E-state index in [4.69, 9.17) is 4.74 Å². The lowest BCUT2D eigenvalue weighted by atomic mass is 10.1. The molecule has 1 fully saturated rings. The summed E-state index contributed by atoms with van der Waals surface area (Å²) >= 11 is 0. The third-order valence-electron chi connectivity index (χ3n) is 4.65. The second-order valence-electron chi connectivity index (χ2n) is 6.56. The maximum absolute atomic E-state index is 13.6. The fraction of sp³-hybridized carbons (Fsp3) is 0.400. The molecule has 27 heavy (non-hydrogen) atoms. The van der Waals surface area contributed by atoms with Gasteiger partial charge in [-0.2, -0.15) is 0 Å². The van der Waals surface area contributed by atoms with E-state index in [0.717, 1.165) is 0 Å². The van der Waals surface area contributed by atoms with Crippen LogP contribution in [0.5, 0.6) is 0 Å². The molecule has 1 saturated heterocycles. The van der Waals surface area contributed by atoms with Crippen LogP contribution in [-0.2, 0) is 27.4 Å². The number of ether oxygens (including phenoxy) is 1. The Balaban J connectivity index is 1.51. The number of hydrogen-bond acceptors (Lipinski definition) is 3. The number of halogens is 1. The number of nitrogens with one attached hydrogen (secondary N) is 1. The molecule has 2 heterocycles. The second-order valence-corrected chi connectivity index (χ2v) is 6.56. The summed E-state index contributed by atoms with van der Waals surface area (Å²) < 4.78 is 21.1. The lowest BCUT2D eigenvalue weighted by Gasteiger charge is -2.35. The van der Waals surface area contributed by atoms with Gasteiger partial charge >= 0.3 is 0 Å². The summed E-state index contributed by atoms with van der Waals surface area (Å²) in [6.45, 7) is 2.02. The fourth-order valence-corrected chi connectivity index (χ4v) is 3.16. The van der Waals surface area contributed by atoms with Gasteiger partial charge in [-0.1, -0.05) is 18.2 Å². The molecule has 6 nitrogen and oxygen atoms in total. The summed E-state index contributed by atoms with van der Waals surface area (Å²) in [4.78, 5) is 26.6. The SMILES string of the molecule is O=C(CC1COCCN1C(=O)CCn1cccc1)NCc1ccccc1F. The molecule has 0 aliphatic carbocycles. The number of carbonyl (C=O) groups is 2. The van der Waals surface area contributed by atoms with Crippen LogP contribution < -0.4 is 5.32 Å². The highest BCUT2D eigenvalue weighted by molar-refractivity contribution is 5.80. The van der Waals surface area contributed by atoms with Crippen molar-refractivity contribution in [2.45, 2.75) is 32.0 Å². The van der Waals surface area contributed by atoms with Crippen LogP contribution in [0.2, 0.25) is 0 Å². The molecule has 0 saturated carbocycles. The average Bonchev–Trinajstić information content (AvgIpc) is 3.19. The third-order valence-corrected chi connectivity index (χ3v) is 4.65. The maximum atomic E-state index is 13.6. The van der Waals surface area contributed by atoms with Gasteiger partial charge in [0.05, 0.1) is 19.3 Å². The smallest absolute Gasteiger partial charge is 0.224 e. The fourth-order valence-electron chi connectivity index (χ4n) is 3.16. The number of rotatable bonds is 7. The highest BCUT2D eigenvalue weighted by Crippen LogP contribution is 2.13. The lowest BCUT2D eigenvalue weighted by Crippen LogP contribution is -2.50. The van der Waals surface area contributed by atoms with Crippen LogP contribution in [0.25, 0.3) is 0 Å². The summed E-state index contributed by atoms with van der Waals surface area (Å²) in [5.41, 5.74) is 0.436. The first-order valence-corrected chi connectivity index (χ1v) is 9.11. The standard InChI is InChI=1S/C20H24FN3O3/c21-18-6-2-1-5-16(18)14-22-19(25)13-17-15-27-12-11-24(17)20(26)7-10-23-8-3-4-9-23/h1-6,8-9,17H,7,10-15H2,(H,22,25). The first-order chi connectivity index (χ1) is 13.1. The van der Waals surface area contributed by atoms with Crippen molar-refractivity contribution < 1.29 is 18.7 Å². The second kappa shape index (κ2) is 9.32. The van der Waals surface area contributed by atoms with Crippen LogP contribution in [-0.4, -0.2) is 47.1 Å². The largest absolute Gasteiger partial charge is 0.377 e. The number of amides is 2. The van der Waals surface area contributed by atoms with Crippen LogP contribution >= 0.6 is 0 Å². The Morgan fingerprint density at radius 1 is 1.19 bits per heavy atom. The Kier molecular flexibility index (Phi) is 6.59. The van der Waals surface area contributed by atoms with Crippen LogP contribution in [0.4, 0.5) is 4.39 Å². The minimum Gasteiger partial charge on any atom is -0.377 e. The number of hydrogen-bond donors (Lipinski definition) is 1. The van der Waals surface area contributed by atoms with Crippen LogP contribution in [0.1, 0.15) is 18.4 Å². The van der Waals surface area contributed by atoms with Gasteiger partial charge in [-0.3, -0.25) is 9.59 Å². The van der Waals surface area contributed by atoms with Crippen LogP contribution in [0.3, 0.4) is 0 Å². The molecule has 0 radical (unpaired) electrons. The van der Waals surface area contributed by atoms with Gasteiger partial charge in [-0.25, -0.2) is 4.39 Å². The molecule has 0 bridgehead atoms. The van der Waals surface area contributed by atoms with Crippen molar-refractivity contribution in [3.63, 3.8) is 0 Å². The molecule has 2 amide bonds. The van der Waals surface area contributed by atoms with Crippen LogP contribution in [0.15, 0.2) is 48.8 Å². The van der Waals surface area contributed by atoms with Crippen LogP contribution in [0, 0.1) is 5.82 Å². The van der Waals surface area contributed by atoms with E-state index in [1.807, 2.05) is 29.1 Å². The topological polar surface area (TPSA) is 63.6 Å². The van der Waals surface area contributed by atoms with Gasteiger partial charge < -0.3 is 19.5 Å². The van der Waals surface area contributed by atoms with Gasteiger partial charge in [0.1, 0.15) is 5.82 Å². The minimum atomic E-state index is -0.347. The maximum Gasteiger partial charge on any atom is 0.224 e. The molecule has 3 rings (SSSR count). The van der Waals surface area contributed by atoms with E-state index in [1.165, 1.54) is 6.07 Å². The van der Waals surface area contributed by atoms with Gasteiger partial charge in [0.2, 0.25) is 11.8 Å². The van der Waals surface area contributed by atoms with Gasteiger partial charge in [0.25, 0.3) is 0 Å². The van der Waals surface area contributed by atoms with Crippen molar-refractivity contribution in [2.24, 2.45) is 0 Å². The summed E-state index contributed by atoms with van der Waals surface area (Å²) in [7, 11) is 0. The minimum absolute atomic E-state index is 0.0129. The number of aryl methyl sites for hydroxylation is 1. The molecule has 1 aliphatic heterocycles. The zero-order valence-corrected chi connectivity index (χ0v) is 15.1. The van der Waals surface area contributed by atoms with Crippen molar-refractivity contribution >= 4 is 11.8 Å². The summed E-state index contributed by atoms with van der Waals surface area (Å²) in [5.74, 6) is -0.559. The zero-order chi connectivity index (χ0) is 19.1. The van der Waals surface area contributed by atoms with E-state index in [9.17, 15) is 14.0 Å². The van der Waals surface area contributed by atoms with Crippen molar-refractivity contribution in [1.29, 1.82) is 0 Å². The third kappa shape index (κ3) is 5.40. The van der Waals surface area contributed by atoms with Crippen molar-refractivity contribution in [3.8, 4) is 0 Å². The highest BCUT2D eigenvalue weighted by Gasteiger charge is 2.28. The Labute approximate surface area is 157 Å². The van der Waals surface area contributed by atoms with Gasteiger partial charge in [-0.15, -0.1) is 0 Å². The van der Waals surface area contributed by atoms with Crippen molar-refractivity contribution in [1.82, 2.24) is 14.8 Å². The van der Waals surface area contributed by atoms with E-state index in [0.29, 0.717) is 38.3 Å². The first-order valence-electron chi connectivity index (χ1n) is 9.11. The van der Waals surface area contributed by atoms with E-state index < -0.39 is 0 Å². The molecule has 1 aromatic heterocycles. The van der Waals surface area contributed by atoms with Crippen molar-refractivity contribution in [2.75, 3.05) is 19.8 Å². The van der Waals surface area contributed by atoms with Crippen molar-refractivity contribution in [3.05, 3.63) is 60.2 Å². The number of carbonyl (C=O) groups excluding carboxylic acids is 2. The Morgan fingerprint density at radius 3 is 2.74 bits per heavy atom. The van der Waals surface area contributed by atoms with Gasteiger partial charge in [0.15, 0.2) is 0 Å². The monoisotopic (exact) mass is 373 g/mol. The normalized spacial score (nSPS) is 16.9. The molecular formula is C20H24FN3O3. The molecule has 1 N–H and O–H groups in total.